The lowest BCUT2D eigenvalue weighted by atomic mass is 9.95. The molecule has 6 heteroatoms. The smallest absolute Gasteiger partial charge is 0.142 e. The Hall–Kier alpha value is -2.73. The molecule has 1 aliphatic heterocycles. The van der Waals surface area contributed by atoms with Crippen molar-refractivity contribution in [2.75, 3.05) is 25.6 Å². The Labute approximate surface area is 178 Å². The van der Waals surface area contributed by atoms with Crippen LogP contribution in [0.2, 0.25) is 0 Å². The summed E-state index contributed by atoms with van der Waals surface area (Å²) in [5.74, 6) is 2.70. The molecule has 6 nitrogen and oxygen atoms in total. The number of nitrogens with one attached hydrogen (secondary N) is 1. The van der Waals surface area contributed by atoms with Crippen LogP contribution < -0.4 is 5.32 Å². The number of pyridine rings is 1. The van der Waals surface area contributed by atoms with E-state index in [4.69, 9.17) is 19.2 Å². The second kappa shape index (κ2) is 8.19. The molecule has 3 aliphatic rings. The molecule has 2 aliphatic carbocycles. The number of anilines is 1. The zero-order valence-corrected chi connectivity index (χ0v) is 17.7. The molecule has 2 aromatic rings. The number of aromatic nitrogens is 2. The number of hydrogen-bond acceptors (Lipinski definition) is 5. The molecular weight excluding hydrogens is 378 g/mol. The van der Waals surface area contributed by atoms with Crippen LogP contribution in [-0.4, -0.2) is 36.0 Å². The third-order valence-electron chi connectivity index (χ3n) is 6.30. The number of hydrogen-bond donors (Lipinski definition) is 1. The Morgan fingerprint density at radius 1 is 1.13 bits per heavy atom. The van der Waals surface area contributed by atoms with E-state index in [-0.39, 0.29) is 1.43 Å². The van der Waals surface area contributed by atoms with Gasteiger partial charge in [0.2, 0.25) is 0 Å². The van der Waals surface area contributed by atoms with Gasteiger partial charge in [-0.1, -0.05) is 0 Å². The lowest BCUT2D eigenvalue weighted by Gasteiger charge is -2.19. The van der Waals surface area contributed by atoms with Crippen LogP contribution in [-0.2, 0) is 34.1 Å². The maximum atomic E-state index is 5.79. The third-order valence-corrected chi connectivity index (χ3v) is 6.30. The zero-order valence-electron chi connectivity index (χ0n) is 17.7. The highest BCUT2D eigenvalue weighted by molar-refractivity contribution is 5.84. The Kier molecular flexibility index (Phi) is 5.25. The van der Waals surface area contributed by atoms with Crippen molar-refractivity contribution < 1.29 is 15.6 Å². The van der Waals surface area contributed by atoms with Crippen molar-refractivity contribution in [2.45, 2.75) is 44.6 Å². The molecule has 160 valence electrons. The first-order valence-electron chi connectivity index (χ1n) is 10.9. The van der Waals surface area contributed by atoms with Crippen LogP contribution in [0.15, 0.2) is 47.6 Å². The lowest BCUT2D eigenvalue weighted by molar-refractivity contribution is 0.0852. The fourth-order valence-electron chi connectivity index (χ4n) is 4.72. The predicted octanol–water partition coefficient (Wildman–Crippen LogP) is 4.62. The van der Waals surface area contributed by atoms with Crippen molar-refractivity contribution >= 4 is 16.9 Å². The minimum absolute atomic E-state index is 0. The molecule has 1 saturated heterocycles. The van der Waals surface area contributed by atoms with Crippen molar-refractivity contribution in [1.82, 2.24) is 9.55 Å². The average Bonchev–Trinajstić information content (AvgIpc) is 2.94. The maximum Gasteiger partial charge on any atom is 0.142 e. The van der Waals surface area contributed by atoms with Gasteiger partial charge in [-0.3, -0.25) is 0 Å². The molecule has 1 atom stereocenters. The summed E-state index contributed by atoms with van der Waals surface area (Å²) in [6, 6.07) is 4.28. The summed E-state index contributed by atoms with van der Waals surface area (Å²) in [6.07, 6.45) is 12.6. The summed E-state index contributed by atoms with van der Waals surface area (Å²) < 4.78 is 19.4. The van der Waals surface area contributed by atoms with E-state index in [2.05, 4.69) is 29.1 Å². The van der Waals surface area contributed by atoms with E-state index < -0.39 is 0 Å². The fourth-order valence-corrected chi connectivity index (χ4v) is 4.72. The number of nitrogens with zero attached hydrogens (tertiary/aromatic N) is 2. The summed E-state index contributed by atoms with van der Waals surface area (Å²) in [7, 11) is 3.97. The predicted molar refractivity (Wildman–Crippen MR) is 119 cm³/mol. The van der Waals surface area contributed by atoms with Gasteiger partial charge in [0.25, 0.3) is 0 Å². The van der Waals surface area contributed by atoms with Crippen LogP contribution in [0.4, 0.5) is 5.82 Å². The van der Waals surface area contributed by atoms with Crippen LogP contribution in [0.1, 0.15) is 38.4 Å². The molecule has 1 unspecified atom stereocenters. The fraction of sp³-hybridized carbons (Fsp3) is 0.458. The number of allylic oxidation sites excluding steroid dienone is 3. The van der Waals surface area contributed by atoms with Gasteiger partial charge in [-0.25, -0.2) is 4.98 Å². The monoisotopic (exact) mass is 409 g/mol. The summed E-state index contributed by atoms with van der Waals surface area (Å²) in [5, 5.41) is 4.71. The Morgan fingerprint density at radius 2 is 2.00 bits per heavy atom. The first-order valence-corrected chi connectivity index (χ1v) is 10.9. The largest absolute Gasteiger partial charge is 0.494 e. The van der Waals surface area contributed by atoms with E-state index in [0.29, 0.717) is 25.7 Å². The number of rotatable bonds is 3. The van der Waals surface area contributed by atoms with E-state index in [0.717, 1.165) is 60.8 Å². The van der Waals surface area contributed by atoms with E-state index in [1.54, 1.807) is 0 Å². The Bertz CT molecular complexity index is 1050. The molecule has 3 heterocycles. The van der Waals surface area contributed by atoms with Crippen LogP contribution >= 0.6 is 0 Å². The van der Waals surface area contributed by atoms with Crippen molar-refractivity contribution in [2.24, 2.45) is 7.05 Å². The SMILES string of the molecule is COC1CCCc2c(c3ccc(NC4=CC=C5CC(=C4)OCCO5)nc3n2C)CC1.[HH]. The molecule has 2 bridgehead atoms. The molecule has 5 rings (SSSR count). The van der Waals surface area contributed by atoms with E-state index in [1.807, 2.05) is 25.3 Å². The van der Waals surface area contributed by atoms with E-state index in [1.165, 1.54) is 16.6 Å². The van der Waals surface area contributed by atoms with Gasteiger partial charge in [-0.05, 0) is 68.0 Å². The molecule has 30 heavy (non-hydrogen) atoms. The van der Waals surface area contributed by atoms with Gasteiger partial charge < -0.3 is 24.1 Å². The van der Waals surface area contributed by atoms with Crippen LogP contribution in [0.3, 0.4) is 0 Å². The van der Waals surface area contributed by atoms with E-state index >= 15 is 0 Å². The lowest BCUT2D eigenvalue weighted by Crippen LogP contribution is -2.15. The van der Waals surface area contributed by atoms with E-state index in [9.17, 15) is 0 Å². The molecule has 0 amide bonds. The summed E-state index contributed by atoms with van der Waals surface area (Å²) in [4.78, 5) is 4.97. The van der Waals surface area contributed by atoms with Crippen LogP contribution in [0.25, 0.3) is 11.0 Å². The quantitative estimate of drug-likeness (QED) is 0.802. The second-order valence-corrected chi connectivity index (χ2v) is 8.20. The normalized spacial score (nSPS) is 21.5. The molecule has 0 spiro atoms. The molecule has 1 fully saturated rings. The molecular formula is C24H31N3O3. The Balaban J connectivity index is 0.00000231. The van der Waals surface area contributed by atoms with Gasteiger partial charge in [-0.15, -0.1) is 0 Å². The summed E-state index contributed by atoms with van der Waals surface area (Å²) >= 11 is 0. The maximum absolute atomic E-state index is 5.79. The van der Waals surface area contributed by atoms with Crippen molar-refractivity contribution in [3.8, 4) is 0 Å². The van der Waals surface area contributed by atoms with Gasteiger partial charge in [0, 0.05) is 32.4 Å². The van der Waals surface area contributed by atoms with Crippen molar-refractivity contribution in [3.63, 3.8) is 0 Å². The molecule has 0 aromatic carbocycles. The van der Waals surface area contributed by atoms with Crippen molar-refractivity contribution in [3.05, 3.63) is 58.8 Å². The summed E-state index contributed by atoms with van der Waals surface area (Å²) in [5.41, 5.74) is 4.84. The zero-order chi connectivity index (χ0) is 20.5. The standard InChI is InChI=1S/C24H29N3O3.H2/c1-27-22-5-3-4-17(28-2)8-9-20(22)21-10-11-23(26-24(21)27)25-16-6-7-18-15-19(14-16)30-13-12-29-18;/h6-7,10-11,14,17H,3-5,8-9,12-13,15H2,1-2H3,(H,25,26);1H. The first-order chi connectivity index (χ1) is 14.7. The van der Waals surface area contributed by atoms with Crippen LogP contribution in [0, 0.1) is 0 Å². The highest BCUT2D eigenvalue weighted by Crippen LogP contribution is 2.31. The van der Waals surface area contributed by atoms with Gasteiger partial charge in [-0.2, -0.15) is 0 Å². The number of methoxy groups -OCH3 is 1. The van der Waals surface area contributed by atoms with Crippen molar-refractivity contribution in [1.29, 1.82) is 0 Å². The minimum Gasteiger partial charge on any atom is -0.494 e. The third kappa shape index (κ3) is 3.72. The van der Waals surface area contributed by atoms with Gasteiger partial charge in [0.15, 0.2) is 0 Å². The van der Waals surface area contributed by atoms with Crippen LogP contribution in [0.5, 0.6) is 0 Å². The molecule has 2 aromatic heterocycles. The highest BCUT2D eigenvalue weighted by Gasteiger charge is 2.21. The topological polar surface area (TPSA) is 57.5 Å². The summed E-state index contributed by atoms with van der Waals surface area (Å²) in [6.45, 7) is 1.18. The molecule has 1 N–H and O–H groups in total. The highest BCUT2D eigenvalue weighted by atomic mass is 16.5. The number of fused-ring (bicyclic) bond motifs is 5. The van der Waals surface area contributed by atoms with Gasteiger partial charge in [0.1, 0.15) is 36.2 Å². The van der Waals surface area contributed by atoms with Gasteiger partial charge >= 0.3 is 0 Å². The number of aryl methyl sites for hydroxylation is 2. The molecule has 0 radical (unpaired) electrons. The first kappa shape index (κ1) is 19.2. The Morgan fingerprint density at radius 3 is 2.87 bits per heavy atom. The van der Waals surface area contributed by atoms with Gasteiger partial charge in [0.05, 0.1) is 12.5 Å². The minimum atomic E-state index is 0. The average molecular weight is 410 g/mol. The second-order valence-electron chi connectivity index (χ2n) is 8.20. The number of ether oxygens (including phenoxy) is 3. The molecule has 0 saturated carbocycles.